The number of sulfone groups is 1. The molecular formula is C12H20N4O3S2. The quantitative estimate of drug-likeness (QED) is 0.702. The van der Waals surface area contributed by atoms with Gasteiger partial charge in [0, 0.05) is 19.1 Å². The third-order valence-electron chi connectivity index (χ3n) is 3.56. The van der Waals surface area contributed by atoms with Crippen LogP contribution in [0.4, 0.5) is 0 Å². The summed E-state index contributed by atoms with van der Waals surface area (Å²) in [5.74, 6) is 0.472. The Balaban J connectivity index is 1.95. The molecule has 9 heteroatoms. The molecule has 7 nitrogen and oxygen atoms in total. The molecule has 118 valence electrons. The molecule has 2 heterocycles. The lowest BCUT2D eigenvalue weighted by molar-refractivity contribution is -0.129. The molecule has 0 unspecified atom stereocenters. The molecule has 0 spiro atoms. The van der Waals surface area contributed by atoms with Crippen LogP contribution in [0.2, 0.25) is 0 Å². The van der Waals surface area contributed by atoms with Crippen LogP contribution in [0.25, 0.3) is 0 Å². The highest BCUT2D eigenvalue weighted by Crippen LogP contribution is 2.20. The second-order valence-corrected chi connectivity index (χ2v) is 8.10. The van der Waals surface area contributed by atoms with Gasteiger partial charge >= 0.3 is 0 Å². The first kappa shape index (κ1) is 16.3. The number of hydrogen-bond donors (Lipinski definition) is 0. The monoisotopic (exact) mass is 332 g/mol. The summed E-state index contributed by atoms with van der Waals surface area (Å²) in [5.41, 5.74) is 0. The van der Waals surface area contributed by atoms with Gasteiger partial charge in [-0.25, -0.2) is 8.42 Å². The molecule has 1 amide bonds. The number of rotatable bonds is 6. The fraction of sp³-hybridized carbons (Fsp3) is 0.750. The van der Waals surface area contributed by atoms with Crippen LogP contribution in [0, 0.1) is 0 Å². The Morgan fingerprint density at radius 1 is 1.52 bits per heavy atom. The van der Waals surface area contributed by atoms with Gasteiger partial charge < -0.3 is 9.47 Å². The van der Waals surface area contributed by atoms with Gasteiger partial charge in [-0.15, -0.1) is 10.2 Å². The Kier molecular flexibility index (Phi) is 5.26. The van der Waals surface area contributed by atoms with Gasteiger partial charge in [-0.1, -0.05) is 11.8 Å². The van der Waals surface area contributed by atoms with E-state index in [-0.39, 0.29) is 29.2 Å². The van der Waals surface area contributed by atoms with Gasteiger partial charge in [0.25, 0.3) is 0 Å². The van der Waals surface area contributed by atoms with E-state index in [9.17, 15) is 13.2 Å². The predicted octanol–water partition coefficient (Wildman–Crippen LogP) is 0.426. The van der Waals surface area contributed by atoms with Gasteiger partial charge in [0.15, 0.2) is 15.0 Å². The van der Waals surface area contributed by atoms with Gasteiger partial charge in [0.05, 0.1) is 17.3 Å². The van der Waals surface area contributed by atoms with E-state index >= 15 is 0 Å². The minimum Gasteiger partial charge on any atom is -0.338 e. The van der Waals surface area contributed by atoms with Crippen LogP contribution in [0.1, 0.15) is 20.3 Å². The maximum atomic E-state index is 12.3. The van der Waals surface area contributed by atoms with E-state index in [0.717, 1.165) is 6.54 Å². The Hall–Kier alpha value is -1.09. The zero-order chi connectivity index (χ0) is 15.5. The summed E-state index contributed by atoms with van der Waals surface area (Å²) >= 11 is 1.34. The van der Waals surface area contributed by atoms with E-state index in [2.05, 4.69) is 10.2 Å². The number of carbonyl (C=O) groups excluding carboxylic acids is 1. The van der Waals surface area contributed by atoms with Crippen LogP contribution in [-0.2, 0) is 21.2 Å². The van der Waals surface area contributed by atoms with Crippen molar-refractivity contribution < 1.29 is 13.2 Å². The molecule has 1 atom stereocenters. The standard InChI is InChI=1S/C12H20N4O3S2/c1-3-15-9-13-14-12(15)20-7-11(17)16(4-2)10-5-6-21(18,19)8-10/h9-10H,3-8H2,1-2H3/t10-/m1/s1. The molecule has 1 aliphatic rings. The molecule has 21 heavy (non-hydrogen) atoms. The van der Waals surface area contributed by atoms with Crippen molar-refractivity contribution in [3.8, 4) is 0 Å². The topological polar surface area (TPSA) is 85.2 Å². The Morgan fingerprint density at radius 2 is 2.29 bits per heavy atom. The fourth-order valence-electron chi connectivity index (χ4n) is 2.44. The first-order valence-electron chi connectivity index (χ1n) is 6.97. The average Bonchev–Trinajstić information content (AvgIpc) is 3.03. The van der Waals surface area contributed by atoms with Gasteiger partial charge in [-0.05, 0) is 20.3 Å². The summed E-state index contributed by atoms with van der Waals surface area (Å²) in [4.78, 5) is 14.0. The Bertz CT molecular complexity index is 599. The van der Waals surface area contributed by atoms with Crippen LogP contribution in [-0.4, -0.2) is 63.8 Å². The lowest BCUT2D eigenvalue weighted by Crippen LogP contribution is -2.42. The predicted molar refractivity (Wildman–Crippen MR) is 80.9 cm³/mol. The lowest BCUT2D eigenvalue weighted by Gasteiger charge is -2.26. The zero-order valence-corrected chi connectivity index (χ0v) is 13.9. The molecule has 1 aromatic heterocycles. The van der Waals surface area contributed by atoms with E-state index in [1.807, 2.05) is 18.4 Å². The zero-order valence-electron chi connectivity index (χ0n) is 12.2. The number of carbonyl (C=O) groups is 1. The molecule has 0 saturated carbocycles. The maximum absolute atomic E-state index is 12.3. The van der Waals surface area contributed by atoms with Crippen LogP contribution in [0.15, 0.2) is 11.5 Å². The highest BCUT2D eigenvalue weighted by molar-refractivity contribution is 7.99. The van der Waals surface area contributed by atoms with Gasteiger partial charge in [0.1, 0.15) is 6.33 Å². The van der Waals surface area contributed by atoms with E-state index in [4.69, 9.17) is 0 Å². The largest absolute Gasteiger partial charge is 0.338 e. The van der Waals surface area contributed by atoms with Crippen molar-refractivity contribution in [2.24, 2.45) is 0 Å². The van der Waals surface area contributed by atoms with Crippen molar-refractivity contribution in [1.82, 2.24) is 19.7 Å². The normalized spacial score (nSPS) is 20.6. The van der Waals surface area contributed by atoms with Crippen LogP contribution in [0.5, 0.6) is 0 Å². The van der Waals surface area contributed by atoms with E-state index < -0.39 is 9.84 Å². The minimum absolute atomic E-state index is 0.0461. The molecule has 1 fully saturated rings. The molecule has 0 bridgehead atoms. The van der Waals surface area contributed by atoms with Crippen LogP contribution >= 0.6 is 11.8 Å². The number of amides is 1. The summed E-state index contributed by atoms with van der Waals surface area (Å²) in [6, 6.07) is -0.183. The van der Waals surface area contributed by atoms with Crippen molar-refractivity contribution in [3.63, 3.8) is 0 Å². The minimum atomic E-state index is -2.98. The van der Waals surface area contributed by atoms with Gasteiger partial charge in [0.2, 0.25) is 5.91 Å². The fourth-order valence-corrected chi connectivity index (χ4v) is 5.04. The third-order valence-corrected chi connectivity index (χ3v) is 6.27. The molecule has 1 saturated heterocycles. The van der Waals surface area contributed by atoms with Crippen molar-refractivity contribution in [2.45, 2.75) is 38.0 Å². The summed E-state index contributed by atoms with van der Waals surface area (Å²) in [7, 11) is -2.98. The molecule has 1 aliphatic heterocycles. The molecule has 0 N–H and O–H groups in total. The third kappa shape index (κ3) is 3.97. The highest BCUT2D eigenvalue weighted by atomic mass is 32.2. The first-order chi connectivity index (χ1) is 9.96. The average molecular weight is 332 g/mol. The van der Waals surface area contributed by atoms with Crippen molar-refractivity contribution in [2.75, 3.05) is 23.8 Å². The number of hydrogen-bond acceptors (Lipinski definition) is 6. The summed E-state index contributed by atoms with van der Waals surface area (Å²) in [5, 5.41) is 8.50. The second-order valence-electron chi connectivity index (χ2n) is 4.92. The molecule has 1 aromatic rings. The highest BCUT2D eigenvalue weighted by Gasteiger charge is 2.33. The van der Waals surface area contributed by atoms with E-state index in [0.29, 0.717) is 18.1 Å². The van der Waals surface area contributed by atoms with E-state index in [1.54, 1.807) is 11.2 Å². The Labute approximate surface area is 129 Å². The molecule has 2 rings (SSSR count). The van der Waals surface area contributed by atoms with Gasteiger partial charge in [-0.2, -0.15) is 0 Å². The Morgan fingerprint density at radius 3 is 2.86 bits per heavy atom. The van der Waals surface area contributed by atoms with Crippen molar-refractivity contribution in [1.29, 1.82) is 0 Å². The second kappa shape index (κ2) is 6.78. The lowest BCUT2D eigenvalue weighted by atomic mass is 10.2. The smallest absolute Gasteiger partial charge is 0.233 e. The summed E-state index contributed by atoms with van der Waals surface area (Å²) in [6.45, 7) is 5.14. The summed E-state index contributed by atoms with van der Waals surface area (Å²) < 4.78 is 25.0. The molecular weight excluding hydrogens is 312 g/mol. The number of aryl methyl sites for hydroxylation is 1. The van der Waals surface area contributed by atoms with Crippen LogP contribution < -0.4 is 0 Å². The maximum Gasteiger partial charge on any atom is 0.233 e. The number of nitrogens with zero attached hydrogens (tertiary/aromatic N) is 4. The van der Waals surface area contributed by atoms with Crippen LogP contribution in [0.3, 0.4) is 0 Å². The number of aromatic nitrogens is 3. The first-order valence-corrected chi connectivity index (χ1v) is 9.78. The number of thioether (sulfide) groups is 1. The SMILES string of the molecule is CCN(C(=O)CSc1nncn1CC)[C@@H]1CCS(=O)(=O)C1. The molecule has 0 aliphatic carbocycles. The molecule has 0 aromatic carbocycles. The van der Waals surface area contributed by atoms with E-state index in [1.165, 1.54) is 11.8 Å². The van der Waals surface area contributed by atoms with Crippen molar-refractivity contribution in [3.05, 3.63) is 6.33 Å². The summed E-state index contributed by atoms with van der Waals surface area (Å²) in [6.07, 6.45) is 2.17. The van der Waals surface area contributed by atoms with Crippen molar-refractivity contribution >= 4 is 27.5 Å². The van der Waals surface area contributed by atoms with Gasteiger partial charge in [-0.3, -0.25) is 4.79 Å². The molecule has 0 radical (unpaired) electrons.